The molecule has 0 aliphatic carbocycles. The maximum absolute atomic E-state index is 12.7. The van der Waals surface area contributed by atoms with Crippen molar-refractivity contribution in [2.24, 2.45) is 0 Å². The Morgan fingerprint density at radius 3 is 2.41 bits per heavy atom. The van der Waals surface area contributed by atoms with Gasteiger partial charge in [0.05, 0.1) is 0 Å². The van der Waals surface area contributed by atoms with Crippen LogP contribution in [0.1, 0.15) is 15.9 Å². The van der Waals surface area contributed by atoms with E-state index < -0.39 is 23.4 Å². The van der Waals surface area contributed by atoms with Crippen LogP contribution in [0.2, 0.25) is 0 Å². The van der Waals surface area contributed by atoms with E-state index in [-0.39, 0.29) is 34.1 Å². The topological polar surface area (TPSA) is 116 Å². The van der Waals surface area contributed by atoms with Crippen molar-refractivity contribution in [2.45, 2.75) is 11.9 Å². The molecule has 112 valence electrons. The van der Waals surface area contributed by atoms with Crippen LogP contribution in [-0.2, 0) is 5.60 Å². The molecular weight excluding hydrogens is 292 g/mol. The van der Waals surface area contributed by atoms with E-state index in [1.807, 2.05) is 0 Å². The first-order valence-electron chi connectivity index (χ1n) is 6.41. The fourth-order valence-corrected chi connectivity index (χ4v) is 2.80. The summed E-state index contributed by atoms with van der Waals surface area (Å²) in [5.74, 6) is -1.67. The monoisotopic (exact) mass is 302 g/mol. The van der Waals surface area contributed by atoms with Gasteiger partial charge in [-0.3, -0.25) is 4.79 Å². The van der Waals surface area contributed by atoms with Gasteiger partial charge in [-0.25, -0.2) is 0 Å². The summed E-state index contributed by atoms with van der Waals surface area (Å²) in [6, 6.07) is 6.05. The number of rotatable bonds is 0. The van der Waals surface area contributed by atoms with E-state index in [0.717, 1.165) is 12.1 Å². The molecule has 2 aromatic carbocycles. The van der Waals surface area contributed by atoms with Crippen molar-refractivity contribution >= 4 is 5.78 Å². The summed E-state index contributed by atoms with van der Waals surface area (Å²) in [6.45, 7) is 0. The van der Waals surface area contributed by atoms with Crippen LogP contribution in [-0.4, -0.2) is 32.5 Å². The number of phenols is 3. The highest BCUT2D eigenvalue weighted by Crippen LogP contribution is 2.51. The number of ether oxygens (including phenoxy) is 2. The van der Waals surface area contributed by atoms with Crippen LogP contribution in [0.3, 0.4) is 0 Å². The highest BCUT2D eigenvalue weighted by Gasteiger charge is 2.59. The molecule has 0 unspecified atom stereocenters. The van der Waals surface area contributed by atoms with Crippen molar-refractivity contribution in [3.05, 3.63) is 41.5 Å². The fourth-order valence-electron chi connectivity index (χ4n) is 2.80. The summed E-state index contributed by atoms with van der Waals surface area (Å²) in [5.41, 5.74) is -2.23. The van der Waals surface area contributed by atoms with E-state index in [0.29, 0.717) is 0 Å². The first-order chi connectivity index (χ1) is 10.4. The zero-order chi connectivity index (χ0) is 15.6. The Kier molecular flexibility index (Phi) is 2.23. The number of phenolic OH excluding ortho intramolecular Hbond substituents is 3. The van der Waals surface area contributed by atoms with Gasteiger partial charge in [0.15, 0.2) is 0 Å². The lowest BCUT2D eigenvalue weighted by Crippen LogP contribution is -2.51. The van der Waals surface area contributed by atoms with Crippen LogP contribution < -0.4 is 9.47 Å². The van der Waals surface area contributed by atoms with Crippen molar-refractivity contribution in [1.82, 2.24) is 0 Å². The molecule has 0 fully saturated rings. The number of hydrogen-bond donors (Lipinski definition) is 4. The van der Waals surface area contributed by atoms with Gasteiger partial charge in [-0.05, 0) is 12.1 Å². The minimum Gasteiger partial charge on any atom is -0.508 e. The molecule has 0 spiro atoms. The normalized spacial score (nSPS) is 24.8. The Balaban J connectivity index is 1.94. The molecule has 2 aromatic rings. The summed E-state index contributed by atoms with van der Waals surface area (Å²) in [6.07, 6.45) is -1.37. The molecule has 0 radical (unpaired) electrons. The second-order valence-electron chi connectivity index (χ2n) is 5.18. The fraction of sp³-hybridized carbons (Fsp3) is 0.133. The molecule has 7 heteroatoms. The average molecular weight is 302 g/mol. The van der Waals surface area contributed by atoms with Gasteiger partial charge < -0.3 is 29.9 Å². The number of aliphatic hydroxyl groups is 1. The highest BCUT2D eigenvalue weighted by molar-refractivity contribution is 6.09. The van der Waals surface area contributed by atoms with Crippen molar-refractivity contribution in [1.29, 1.82) is 0 Å². The molecule has 7 nitrogen and oxygen atoms in total. The SMILES string of the molecule is O=C1c2c(O)cc(O)cc2O[C@H]2Oc3cc(O)ccc3[C@]12O. The number of ketones is 1. The van der Waals surface area contributed by atoms with Crippen molar-refractivity contribution in [3.63, 3.8) is 0 Å². The summed E-state index contributed by atoms with van der Waals surface area (Å²) in [5, 5.41) is 39.6. The van der Waals surface area contributed by atoms with Crippen LogP contribution in [0.4, 0.5) is 0 Å². The molecule has 4 N–H and O–H groups in total. The Hall–Kier alpha value is -2.93. The van der Waals surface area contributed by atoms with Crippen LogP contribution in [0.25, 0.3) is 0 Å². The van der Waals surface area contributed by atoms with Crippen molar-refractivity contribution in [3.8, 4) is 28.7 Å². The molecule has 2 heterocycles. The molecule has 0 amide bonds. The molecule has 2 aliphatic heterocycles. The standard InChI is InChI=1S/C15H10O7/c16-6-1-2-8-10(4-6)21-14-15(8,20)13(19)12-9(18)3-7(17)5-11(12)22-14/h1-5,14,16-18,20H/t14-,15+/m1/s1. The predicted molar refractivity (Wildman–Crippen MR) is 71.1 cm³/mol. The third-order valence-electron chi connectivity index (χ3n) is 3.82. The average Bonchev–Trinajstić information content (AvgIpc) is 2.71. The van der Waals surface area contributed by atoms with E-state index in [1.165, 1.54) is 18.2 Å². The summed E-state index contributed by atoms with van der Waals surface area (Å²) < 4.78 is 10.8. The molecule has 0 aromatic heterocycles. The third kappa shape index (κ3) is 1.40. The maximum Gasteiger partial charge on any atom is 0.281 e. The summed E-state index contributed by atoms with van der Waals surface area (Å²) in [7, 11) is 0. The van der Waals surface area contributed by atoms with E-state index >= 15 is 0 Å². The van der Waals surface area contributed by atoms with E-state index in [2.05, 4.69) is 0 Å². The van der Waals surface area contributed by atoms with E-state index in [1.54, 1.807) is 0 Å². The number of Topliss-reactive ketones (excluding diaryl/α,β-unsaturated/α-hetero) is 1. The predicted octanol–water partition coefficient (Wildman–Crippen LogP) is 0.985. The molecule has 0 saturated carbocycles. The molecular formula is C15H10O7. The van der Waals surface area contributed by atoms with Gasteiger partial charge in [0, 0.05) is 23.8 Å². The van der Waals surface area contributed by atoms with Crippen LogP contribution in [0.15, 0.2) is 30.3 Å². The number of hydrogen-bond acceptors (Lipinski definition) is 7. The number of benzene rings is 2. The quantitative estimate of drug-likeness (QED) is 0.573. The number of carbonyl (C=O) groups excluding carboxylic acids is 1. The Morgan fingerprint density at radius 1 is 0.955 bits per heavy atom. The molecule has 4 rings (SSSR count). The first-order valence-corrected chi connectivity index (χ1v) is 6.41. The smallest absolute Gasteiger partial charge is 0.281 e. The minimum absolute atomic E-state index is 0.0887. The lowest BCUT2D eigenvalue weighted by atomic mass is 9.84. The molecule has 0 bridgehead atoms. The zero-order valence-electron chi connectivity index (χ0n) is 11.0. The molecule has 2 atom stereocenters. The Morgan fingerprint density at radius 2 is 1.64 bits per heavy atom. The van der Waals surface area contributed by atoms with Gasteiger partial charge in [0.2, 0.25) is 11.4 Å². The van der Waals surface area contributed by atoms with Gasteiger partial charge in [-0.2, -0.15) is 0 Å². The lowest BCUT2D eigenvalue weighted by Gasteiger charge is -2.33. The van der Waals surface area contributed by atoms with Crippen LogP contribution in [0.5, 0.6) is 28.7 Å². The zero-order valence-corrected chi connectivity index (χ0v) is 11.0. The maximum atomic E-state index is 12.7. The number of fused-ring (bicyclic) bond motifs is 4. The van der Waals surface area contributed by atoms with Gasteiger partial charge in [0.25, 0.3) is 6.29 Å². The second kappa shape index (κ2) is 3.83. The molecule has 0 saturated heterocycles. The second-order valence-corrected chi connectivity index (χ2v) is 5.18. The van der Waals surface area contributed by atoms with Crippen molar-refractivity contribution < 1.29 is 34.7 Å². The largest absolute Gasteiger partial charge is 0.508 e. The number of aromatic hydroxyl groups is 3. The van der Waals surface area contributed by atoms with Gasteiger partial charge in [-0.15, -0.1) is 0 Å². The van der Waals surface area contributed by atoms with E-state index in [9.17, 15) is 25.2 Å². The Bertz CT molecular complexity index is 829. The van der Waals surface area contributed by atoms with Crippen molar-refractivity contribution in [2.75, 3.05) is 0 Å². The van der Waals surface area contributed by atoms with Crippen LogP contribution >= 0.6 is 0 Å². The minimum atomic E-state index is -2.13. The summed E-state index contributed by atoms with van der Waals surface area (Å²) >= 11 is 0. The van der Waals surface area contributed by atoms with Gasteiger partial charge >= 0.3 is 0 Å². The Labute approximate surface area is 123 Å². The van der Waals surface area contributed by atoms with E-state index in [4.69, 9.17) is 9.47 Å². The van der Waals surface area contributed by atoms with Gasteiger partial charge in [-0.1, -0.05) is 0 Å². The summed E-state index contributed by atoms with van der Waals surface area (Å²) in [4.78, 5) is 12.7. The highest BCUT2D eigenvalue weighted by atomic mass is 16.7. The van der Waals surface area contributed by atoms with Crippen LogP contribution in [0, 0.1) is 0 Å². The molecule has 2 aliphatic rings. The lowest BCUT2D eigenvalue weighted by molar-refractivity contribution is -0.118. The van der Waals surface area contributed by atoms with Gasteiger partial charge in [0.1, 0.15) is 34.3 Å². The first kappa shape index (κ1) is 12.8. The third-order valence-corrected chi connectivity index (χ3v) is 3.82. The number of carbonyl (C=O) groups is 1. The molecule has 22 heavy (non-hydrogen) atoms.